The second-order valence-electron chi connectivity index (χ2n) is 5.30. The quantitative estimate of drug-likeness (QED) is 0.825. The number of nitrogen functional groups attached to an aromatic ring is 1. The molecule has 6 heteroatoms. The number of nitrogens with two attached hydrogens (primary N) is 1. The summed E-state index contributed by atoms with van der Waals surface area (Å²) < 4.78 is 28.9. The molecular weight excluding hydrogens is 264 g/mol. The highest BCUT2D eigenvalue weighted by Gasteiger charge is 2.37. The van der Waals surface area contributed by atoms with Crippen molar-refractivity contribution in [2.24, 2.45) is 0 Å². The molecule has 0 bridgehead atoms. The van der Waals surface area contributed by atoms with Gasteiger partial charge < -0.3 is 15.8 Å². The highest BCUT2D eigenvalue weighted by molar-refractivity contribution is 7.90. The van der Waals surface area contributed by atoms with E-state index in [4.69, 9.17) is 10.5 Å². The number of benzene rings is 1. The van der Waals surface area contributed by atoms with Crippen molar-refractivity contribution in [3.05, 3.63) is 18.2 Å². The molecule has 1 aliphatic rings. The van der Waals surface area contributed by atoms with Gasteiger partial charge in [0.05, 0.1) is 27.9 Å². The first-order valence-corrected chi connectivity index (χ1v) is 8.11. The van der Waals surface area contributed by atoms with E-state index in [0.717, 1.165) is 12.7 Å². The van der Waals surface area contributed by atoms with E-state index in [1.54, 1.807) is 12.1 Å². The average Bonchev–Trinajstić information content (AvgIpc) is 2.61. The van der Waals surface area contributed by atoms with Crippen LogP contribution in [0.5, 0.6) is 0 Å². The van der Waals surface area contributed by atoms with E-state index < -0.39 is 9.84 Å². The highest BCUT2D eigenvalue weighted by Crippen LogP contribution is 2.34. The van der Waals surface area contributed by atoms with Gasteiger partial charge in [0.15, 0.2) is 9.84 Å². The van der Waals surface area contributed by atoms with Crippen LogP contribution in [0.3, 0.4) is 0 Å². The van der Waals surface area contributed by atoms with Crippen LogP contribution in [-0.4, -0.2) is 32.9 Å². The topological polar surface area (TPSA) is 81.4 Å². The predicted octanol–water partition coefficient (Wildman–Crippen LogP) is 1.65. The summed E-state index contributed by atoms with van der Waals surface area (Å²) in [5, 5.41) is 3.33. The zero-order valence-corrected chi connectivity index (χ0v) is 12.3. The van der Waals surface area contributed by atoms with E-state index >= 15 is 0 Å². The largest absolute Gasteiger partial charge is 0.396 e. The highest BCUT2D eigenvalue weighted by atomic mass is 32.2. The first-order chi connectivity index (χ1) is 8.74. The van der Waals surface area contributed by atoms with Crippen LogP contribution >= 0.6 is 0 Å². The van der Waals surface area contributed by atoms with E-state index in [9.17, 15) is 8.42 Å². The number of sulfone groups is 1. The molecule has 0 aromatic heterocycles. The van der Waals surface area contributed by atoms with E-state index in [2.05, 4.69) is 12.2 Å². The molecule has 0 radical (unpaired) electrons. The number of anilines is 2. The second-order valence-corrected chi connectivity index (χ2v) is 7.28. The van der Waals surface area contributed by atoms with Gasteiger partial charge in [-0.15, -0.1) is 0 Å². The summed E-state index contributed by atoms with van der Waals surface area (Å²) in [4.78, 5) is 0.160. The number of hydrogen-bond donors (Lipinski definition) is 2. The van der Waals surface area contributed by atoms with Crippen molar-refractivity contribution in [1.82, 2.24) is 0 Å². The standard InChI is InChI=1S/C13H20N2O3S/c1-9-13(2,7-8-18-9)15-10-5-4-6-11(12(10)14)19(3,16)17/h4-6,9,15H,7-8,14H2,1-3H3. The van der Waals surface area contributed by atoms with Crippen molar-refractivity contribution >= 4 is 21.2 Å². The Morgan fingerprint density at radius 1 is 1.47 bits per heavy atom. The van der Waals surface area contributed by atoms with Crippen LogP contribution in [0.25, 0.3) is 0 Å². The van der Waals surface area contributed by atoms with Gasteiger partial charge in [0.1, 0.15) is 0 Å². The van der Waals surface area contributed by atoms with E-state index in [-0.39, 0.29) is 22.2 Å². The zero-order chi connectivity index (χ0) is 14.3. The fraction of sp³-hybridized carbons (Fsp3) is 0.538. The third kappa shape index (κ3) is 2.69. The molecule has 3 N–H and O–H groups in total. The lowest BCUT2D eigenvalue weighted by atomic mass is 9.94. The molecule has 1 aromatic rings. The Kier molecular flexibility index (Phi) is 3.49. The molecule has 2 unspecified atom stereocenters. The fourth-order valence-corrected chi connectivity index (χ4v) is 3.12. The molecule has 1 heterocycles. The Balaban J connectivity index is 2.37. The van der Waals surface area contributed by atoms with Gasteiger partial charge in [-0.1, -0.05) is 6.07 Å². The second kappa shape index (κ2) is 4.68. The van der Waals surface area contributed by atoms with Crippen molar-refractivity contribution < 1.29 is 13.2 Å². The molecule has 0 aliphatic carbocycles. The maximum Gasteiger partial charge on any atom is 0.177 e. The van der Waals surface area contributed by atoms with Gasteiger partial charge in [0.2, 0.25) is 0 Å². The number of hydrogen-bond acceptors (Lipinski definition) is 5. The van der Waals surface area contributed by atoms with Crippen LogP contribution < -0.4 is 11.1 Å². The van der Waals surface area contributed by atoms with Gasteiger partial charge in [-0.3, -0.25) is 0 Å². The van der Waals surface area contributed by atoms with E-state index in [1.807, 2.05) is 6.92 Å². The van der Waals surface area contributed by atoms with Crippen molar-refractivity contribution in [3.63, 3.8) is 0 Å². The van der Waals surface area contributed by atoms with Crippen LogP contribution in [0.2, 0.25) is 0 Å². The summed E-state index contributed by atoms with van der Waals surface area (Å²) in [5.74, 6) is 0. The molecular formula is C13H20N2O3S. The summed E-state index contributed by atoms with van der Waals surface area (Å²) in [6.07, 6.45) is 2.07. The summed E-state index contributed by atoms with van der Waals surface area (Å²) in [7, 11) is -3.32. The van der Waals surface area contributed by atoms with Gasteiger partial charge in [-0.05, 0) is 32.4 Å². The monoisotopic (exact) mass is 284 g/mol. The summed E-state index contributed by atoms with van der Waals surface area (Å²) in [6.45, 7) is 4.74. The van der Waals surface area contributed by atoms with Crippen LogP contribution in [0, 0.1) is 0 Å². The maximum absolute atomic E-state index is 11.7. The molecule has 0 amide bonds. The minimum Gasteiger partial charge on any atom is -0.396 e. The molecule has 1 aromatic carbocycles. The molecule has 106 valence electrons. The smallest absolute Gasteiger partial charge is 0.177 e. The first kappa shape index (κ1) is 14.1. The van der Waals surface area contributed by atoms with Gasteiger partial charge in [0, 0.05) is 12.9 Å². The lowest BCUT2D eigenvalue weighted by Crippen LogP contribution is -2.41. The average molecular weight is 284 g/mol. The Hall–Kier alpha value is -1.27. The van der Waals surface area contributed by atoms with Gasteiger partial charge in [-0.2, -0.15) is 0 Å². The lowest BCUT2D eigenvalue weighted by molar-refractivity contribution is 0.105. The van der Waals surface area contributed by atoms with Crippen LogP contribution in [0.1, 0.15) is 20.3 Å². The fourth-order valence-electron chi connectivity index (χ4n) is 2.28. The Morgan fingerprint density at radius 3 is 2.68 bits per heavy atom. The molecule has 5 nitrogen and oxygen atoms in total. The molecule has 19 heavy (non-hydrogen) atoms. The SMILES string of the molecule is CC1OCCC1(C)Nc1cccc(S(C)(=O)=O)c1N. The Labute approximate surface area is 114 Å². The third-order valence-electron chi connectivity index (χ3n) is 3.77. The van der Waals surface area contributed by atoms with Crippen molar-refractivity contribution in [2.75, 3.05) is 23.9 Å². The van der Waals surface area contributed by atoms with E-state index in [0.29, 0.717) is 12.3 Å². The zero-order valence-electron chi connectivity index (χ0n) is 11.4. The lowest BCUT2D eigenvalue weighted by Gasteiger charge is -2.31. The molecule has 0 saturated carbocycles. The van der Waals surface area contributed by atoms with Crippen molar-refractivity contribution in [2.45, 2.75) is 36.8 Å². The van der Waals surface area contributed by atoms with E-state index in [1.165, 1.54) is 6.07 Å². The minimum absolute atomic E-state index is 0.0498. The van der Waals surface area contributed by atoms with Crippen molar-refractivity contribution in [1.29, 1.82) is 0 Å². The molecule has 0 spiro atoms. The van der Waals surface area contributed by atoms with Crippen molar-refractivity contribution in [3.8, 4) is 0 Å². The maximum atomic E-state index is 11.7. The number of ether oxygens (including phenoxy) is 1. The van der Waals surface area contributed by atoms with Crippen LogP contribution in [-0.2, 0) is 14.6 Å². The number of nitrogens with one attached hydrogen (secondary N) is 1. The summed E-state index contributed by atoms with van der Waals surface area (Å²) in [5.41, 5.74) is 6.65. The first-order valence-electron chi connectivity index (χ1n) is 6.22. The molecule has 2 atom stereocenters. The molecule has 1 aliphatic heterocycles. The van der Waals surface area contributed by atoms with Gasteiger partial charge in [-0.25, -0.2) is 8.42 Å². The Morgan fingerprint density at radius 2 is 2.16 bits per heavy atom. The number of rotatable bonds is 3. The van der Waals surface area contributed by atoms with Gasteiger partial charge in [0.25, 0.3) is 0 Å². The predicted molar refractivity (Wildman–Crippen MR) is 76.0 cm³/mol. The van der Waals surface area contributed by atoms with Crippen LogP contribution in [0.15, 0.2) is 23.1 Å². The van der Waals surface area contributed by atoms with Crippen LogP contribution in [0.4, 0.5) is 11.4 Å². The third-order valence-corrected chi connectivity index (χ3v) is 4.93. The molecule has 2 rings (SSSR count). The molecule has 1 fully saturated rings. The Bertz CT molecular complexity index is 586. The molecule has 1 saturated heterocycles. The minimum atomic E-state index is -3.32. The van der Waals surface area contributed by atoms with Gasteiger partial charge >= 0.3 is 0 Å². The summed E-state index contributed by atoms with van der Waals surface area (Å²) >= 11 is 0. The normalized spacial score (nSPS) is 27.4. The number of para-hydroxylation sites is 1. The summed E-state index contributed by atoms with van der Waals surface area (Å²) in [6, 6.07) is 5.01.